The highest BCUT2D eigenvalue weighted by Crippen LogP contribution is 2.33. The van der Waals surface area contributed by atoms with Gasteiger partial charge in [-0.15, -0.1) is 0 Å². The summed E-state index contributed by atoms with van der Waals surface area (Å²) in [7, 11) is 0. The van der Waals surface area contributed by atoms with Gasteiger partial charge in [-0.05, 0) is 50.4 Å². The van der Waals surface area contributed by atoms with Gasteiger partial charge in [-0.2, -0.15) is 11.8 Å². The van der Waals surface area contributed by atoms with Crippen LogP contribution in [0.4, 0.5) is 5.69 Å². The van der Waals surface area contributed by atoms with Crippen LogP contribution in [0.3, 0.4) is 0 Å². The van der Waals surface area contributed by atoms with Crippen molar-refractivity contribution in [3.63, 3.8) is 0 Å². The summed E-state index contributed by atoms with van der Waals surface area (Å²) in [5.41, 5.74) is 4.21. The molecule has 0 bridgehead atoms. The highest BCUT2D eigenvalue weighted by molar-refractivity contribution is 8.00. The minimum atomic E-state index is 0.363. The summed E-state index contributed by atoms with van der Waals surface area (Å²) in [6.07, 6.45) is 0. The minimum absolute atomic E-state index is 0.363. The lowest BCUT2D eigenvalue weighted by atomic mass is 10.1. The van der Waals surface area contributed by atoms with Gasteiger partial charge in [0.05, 0.1) is 0 Å². The van der Waals surface area contributed by atoms with Crippen LogP contribution in [0.1, 0.15) is 38.8 Å². The molecule has 21 heavy (non-hydrogen) atoms. The van der Waals surface area contributed by atoms with Crippen LogP contribution in [0.2, 0.25) is 0 Å². The van der Waals surface area contributed by atoms with E-state index < -0.39 is 0 Å². The van der Waals surface area contributed by atoms with E-state index in [4.69, 9.17) is 0 Å². The third-order valence-electron chi connectivity index (χ3n) is 3.91. The number of hydrogen-bond acceptors (Lipinski definition) is 3. The van der Waals surface area contributed by atoms with Crippen molar-refractivity contribution in [1.82, 2.24) is 5.32 Å². The Hall–Kier alpha value is -0.670. The monoisotopic (exact) mass is 306 g/mol. The molecular weight excluding hydrogens is 276 g/mol. The number of anilines is 1. The van der Waals surface area contributed by atoms with Gasteiger partial charge in [0, 0.05) is 35.8 Å². The largest absolute Gasteiger partial charge is 0.369 e. The maximum atomic E-state index is 3.52. The first-order valence-electron chi connectivity index (χ1n) is 8.06. The second-order valence-electron chi connectivity index (χ2n) is 7.18. The molecule has 0 unspecified atom stereocenters. The summed E-state index contributed by atoms with van der Waals surface area (Å²) < 4.78 is 0.363. The fraction of sp³-hybridized carbons (Fsp3) is 0.667. The van der Waals surface area contributed by atoms with Gasteiger partial charge >= 0.3 is 0 Å². The number of rotatable bonds is 5. The molecule has 3 heteroatoms. The van der Waals surface area contributed by atoms with Gasteiger partial charge in [0.15, 0.2) is 0 Å². The number of nitrogens with one attached hydrogen (secondary N) is 1. The molecular formula is C18H30N2S. The van der Waals surface area contributed by atoms with Crippen LogP contribution in [-0.4, -0.2) is 30.1 Å². The zero-order valence-corrected chi connectivity index (χ0v) is 15.0. The number of benzene rings is 1. The molecule has 2 rings (SSSR count). The SMILES string of the molecule is Cc1cc(CNCC(C)C)ccc1N1CCSC(C)(C)C1. The minimum Gasteiger partial charge on any atom is -0.369 e. The zero-order valence-electron chi connectivity index (χ0n) is 14.2. The summed E-state index contributed by atoms with van der Waals surface area (Å²) in [6.45, 7) is 15.8. The molecule has 0 amide bonds. The Bertz CT molecular complexity index is 468. The van der Waals surface area contributed by atoms with Crippen molar-refractivity contribution in [2.45, 2.75) is 45.9 Å². The van der Waals surface area contributed by atoms with Crippen LogP contribution < -0.4 is 10.2 Å². The van der Waals surface area contributed by atoms with E-state index >= 15 is 0 Å². The molecule has 0 saturated carbocycles. The van der Waals surface area contributed by atoms with E-state index in [1.54, 1.807) is 0 Å². The van der Waals surface area contributed by atoms with Gasteiger partial charge in [-0.25, -0.2) is 0 Å². The maximum absolute atomic E-state index is 3.52. The van der Waals surface area contributed by atoms with E-state index in [1.165, 1.54) is 29.1 Å². The third-order valence-corrected chi connectivity index (χ3v) is 5.21. The molecule has 1 N–H and O–H groups in total. The van der Waals surface area contributed by atoms with E-state index in [0.717, 1.165) is 19.6 Å². The van der Waals surface area contributed by atoms with Crippen LogP contribution in [-0.2, 0) is 6.54 Å². The Morgan fingerprint density at radius 1 is 1.33 bits per heavy atom. The van der Waals surface area contributed by atoms with E-state index in [9.17, 15) is 0 Å². The average Bonchev–Trinajstić information content (AvgIpc) is 2.37. The molecule has 1 heterocycles. The van der Waals surface area contributed by atoms with Crippen LogP contribution in [0.5, 0.6) is 0 Å². The van der Waals surface area contributed by atoms with Crippen molar-refractivity contribution in [2.24, 2.45) is 5.92 Å². The topological polar surface area (TPSA) is 15.3 Å². The van der Waals surface area contributed by atoms with E-state index in [1.807, 2.05) is 0 Å². The van der Waals surface area contributed by atoms with Crippen molar-refractivity contribution in [2.75, 3.05) is 30.3 Å². The van der Waals surface area contributed by atoms with Crippen LogP contribution in [0, 0.1) is 12.8 Å². The smallest absolute Gasteiger partial charge is 0.0396 e. The van der Waals surface area contributed by atoms with E-state index in [2.05, 4.69) is 74.8 Å². The van der Waals surface area contributed by atoms with Gasteiger partial charge in [-0.3, -0.25) is 0 Å². The van der Waals surface area contributed by atoms with E-state index in [-0.39, 0.29) is 0 Å². The van der Waals surface area contributed by atoms with Crippen molar-refractivity contribution in [1.29, 1.82) is 0 Å². The molecule has 0 aliphatic carbocycles. The third kappa shape index (κ3) is 4.93. The van der Waals surface area contributed by atoms with Crippen molar-refractivity contribution in [3.05, 3.63) is 29.3 Å². The Balaban J connectivity index is 2.02. The molecule has 1 aromatic rings. The molecule has 2 nitrogen and oxygen atoms in total. The van der Waals surface area contributed by atoms with Gasteiger partial charge in [-0.1, -0.05) is 26.0 Å². The fourth-order valence-electron chi connectivity index (χ4n) is 2.91. The van der Waals surface area contributed by atoms with Crippen LogP contribution >= 0.6 is 11.8 Å². The van der Waals surface area contributed by atoms with Gasteiger partial charge in [0.2, 0.25) is 0 Å². The lowest BCUT2D eigenvalue weighted by molar-refractivity contribution is 0.552. The standard InChI is InChI=1S/C18H30N2S/c1-14(2)11-19-12-16-6-7-17(15(3)10-16)20-8-9-21-18(4,5)13-20/h6-7,10,14,19H,8-9,11-13H2,1-5H3. The lowest BCUT2D eigenvalue weighted by Gasteiger charge is -2.39. The Morgan fingerprint density at radius 3 is 2.71 bits per heavy atom. The number of nitrogens with zero attached hydrogens (tertiary/aromatic N) is 1. The molecule has 1 aromatic carbocycles. The normalized spacial score (nSPS) is 18.3. The molecule has 1 saturated heterocycles. The molecule has 1 aliphatic rings. The highest BCUT2D eigenvalue weighted by atomic mass is 32.2. The quantitative estimate of drug-likeness (QED) is 0.882. The second-order valence-corrected chi connectivity index (χ2v) is 8.98. The van der Waals surface area contributed by atoms with Crippen LogP contribution in [0.25, 0.3) is 0 Å². The van der Waals surface area contributed by atoms with Crippen LogP contribution in [0.15, 0.2) is 18.2 Å². The Morgan fingerprint density at radius 2 is 2.10 bits per heavy atom. The predicted octanol–water partition coefficient (Wildman–Crippen LogP) is 4.07. The number of thioether (sulfide) groups is 1. The first-order valence-corrected chi connectivity index (χ1v) is 9.05. The molecule has 0 aromatic heterocycles. The van der Waals surface area contributed by atoms with Gasteiger partial charge < -0.3 is 10.2 Å². The average molecular weight is 307 g/mol. The first-order chi connectivity index (χ1) is 9.87. The Labute approximate surface area is 134 Å². The molecule has 118 valence electrons. The zero-order chi connectivity index (χ0) is 15.5. The summed E-state index contributed by atoms with van der Waals surface area (Å²) >= 11 is 2.09. The lowest BCUT2D eigenvalue weighted by Crippen LogP contribution is -2.43. The van der Waals surface area contributed by atoms with Gasteiger partial charge in [0.25, 0.3) is 0 Å². The summed E-state index contributed by atoms with van der Waals surface area (Å²) in [4.78, 5) is 2.55. The summed E-state index contributed by atoms with van der Waals surface area (Å²) in [5.74, 6) is 1.93. The second kappa shape index (κ2) is 7.06. The molecule has 1 aliphatic heterocycles. The number of hydrogen-bond donors (Lipinski definition) is 1. The van der Waals surface area contributed by atoms with Crippen molar-refractivity contribution >= 4 is 17.4 Å². The molecule has 0 atom stereocenters. The van der Waals surface area contributed by atoms with Crippen molar-refractivity contribution in [3.8, 4) is 0 Å². The molecule has 0 radical (unpaired) electrons. The van der Waals surface area contributed by atoms with E-state index in [0.29, 0.717) is 10.7 Å². The summed E-state index contributed by atoms with van der Waals surface area (Å²) in [6, 6.07) is 6.94. The Kier molecular flexibility index (Phi) is 5.61. The fourth-order valence-corrected chi connectivity index (χ4v) is 4.02. The van der Waals surface area contributed by atoms with Gasteiger partial charge in [0.1, 0.15) is 0 Å². The highest BCUT2D eigenvalue weighted by Gasteiger charge is 2.27. The van der Waals surface area contributed by atoms with Crippen molar-refractivity contribution < 1.29 is 0 Å². The first kappa shape index (κ1) is 16.7. The molecule has 0 spiro atoms. The number of aryl methyl sites for hydroxylation is 1. The summed E-state index contributed by atoms with van der Waals surface area (Å²) in [5, 5.41) is 3.52. The maximum Gasteiger partial charge on any atom is 0.0396 e. The molecule has 1 fully saturated rings. The predicted molar refractivity (Wildman–Crippen MR) is 96.5 cm³/mol.